The van der Waals surface area contributed by atoms with Gasteiger partial charge in [-0.05, 0) is 25.0 Å². The first-order chi connectivity index (χ1) is 9.54. The lowest BCUT2D eigenvalue weighted by atomic mass is 9.93. The lowest BCUT2D eigenvalue weighted by Crippen LogP contribution is -2.29. The van der Waals surface area contributed by atoms with Crippen molar-refractivity contribution in [3.05, 3.63) is 53.3 Å². The maximum atomic E-state index is 4.51. The van der Waals surface area contributed by atoms with Gasteiger partial charge in [0, 0.05) is 31.7 Å². The molecule has 3 nitrogen and oxygen atoms in total. The molecule has 0 bridgehead atoms. The van der Waals surface area contributed by atoms with Crippen molar-refractivity contribution in [3.8, 4) is 0 Å². The summed E-state index contributed by atoms with van der Waals surface area (Å²) in [5.74, 6) is 0.466. The summed E-state index contributed by atoms with van der Waals surface area (Å²) in [7, 11) is 1.97. The van der Waals surface area contributed by atoms with Gasteiger partial charge < -0.3 is 5.32 Å². The van der Waals surface area contributed by atoms with Gasteiger partial charge in [-0.15, -0.1) is 0 Å². The van der Waals surface area contributed by atoms with Crippen LogP contribution < -0.4 is 5.32 Å². The average Bonchev–Trinajstić information content (AvgIpc) is 2.81. The van der Waals surface area contributed by atoms with Crippen molar-refractivity contribution in [1.29, 1.82) is 0 Å². The maximum absolute atomic E-state index is 4.51. The molecule has 1 aromatic carbocycles. The zero-order valence-corrected chi connectivity index (χ0v) is 12.9. The fourth-order valence-corrected chi connectivity index (χ4v) is 2.35. The van der Waals surface area contributed by atoms with Gasteiger partial charge in [-0.2, -0.15) is 5.10 Å². The van der Waals surface area contributed by atoms with E-state index in [1.807, 2.05) is 17.9 Å². The van der Waals surface area contributed by atoms with Crippen LogP contribution in [-0.4, -0.2) is 22.4 Å². The molecule has 20 heavy (non-hydrogen) atoms. The third-order valence-corrected chi connectivity index (χ3v) is 3.55. The van der Waals surface area contributed by atoms with E-state index in [2.05, 4.69) is 61.5 Å². The third-order valence-electron chi connectivity index (χ3n) is 3.55. The van der Waals surface area contributed by atoms with Crippen LogP contribution in [0.15, 0.2) is 36.5 Å². The first-order valence-corrected chi connectivity index (χ1v) is 7.33. The molecular weight excluding hydrogens is 246 g/mol. The van der Waals surface area contributed by atoms with Crippen molar-refractivity contribution in [1.82, 2.24) is 15.1 Å². The largest absolute Gasteiger partial charge is 0.314 e. The Hall–Kier alpha value is -1.61. The molecule has 0 aliphatic heterocycles. The van der Waals surface area contributed by atoms with Gasteiger partial charge in [-0.3, -0.25) is 4.68 Å². The highest BCUT2D eigenvalue weighted by atomic mass is 15.2. The van der Waals surface area contributed by atoms with Gasteiger partial charge in [0.1, 0.15) is 0 Å². The second-order valence-corrected chi connectivity index (χ2v) is 5.86. The van der Waals surface area contributed by atoms with E-state index in [4.69, 9.17) is 0 Å². The van der Waals surface area contributed by atoms with E-state index in [9.17, 15) is 0 Å². The van der Waals surface area contributed by atoms with E-state index in [1.54, 1.807) is 0 Å². The van der Waals surface area contributed by atoms with E-state index in [-0.39, 0.29) is 0 Å². The standard InChI is InChI=1S/C17H25N3/c1-13(2)18-12-16(11-17-9-10-20(4)19-17)15-7-5-14(3)6-8-15/h5-10,13,16,18H,11-12H2,1-4H3. The lowest BCUT2D eigenvalue weighted by molar-refractivity contribution is 0.522. The van der Waals surface area contributed by atoms with Crippen LogP contribution in [0.4, 0.5) is 0 Å². The van der Waals surface area contributed by atoms with Crippen LogP contribution in [0, 0.1) is 6.92 Å². The molecule has 0 saturated heterocycles. The molecule has 0 saturated carbocycles. The van der Waals surface area contributed by atoms with Crippen LogP contribution in [0.25, 0.3) is 0 Å². The Bertz CT molecular complexity index is 525. The van der Waals surface area contributed by atoms with Crippen molar-refractivity contribution in [2.45, 2.75) is 39.2 Å². The fraction of sp³-hybridized carbons (Fsp3) is 0.471. The van der Waals surface area contributed by atoms with Crippen LogP contribution in [0.5, 0.6) is 0 Å². The highest BCUT2D eigenvalue weighted by Crippen LogP contribution is 2.20. The normalized spacial score (nSPS) is 12.8. The smallest absolute Gasteiger partial charge is 0.0631 e. The molecule has 1 aromatic heterocycles. The fourth-order valence-electron chi connectivity index (χ4n) is 2.35. The van der Waals surface area contributed by atoms with E-state index < -0.39 is 0 Å². The molecule has 0 aliphatic carbocycles. The molecule has 3 heteroatoms. The summed E-state index contributed by atoms with van der Waals surface area (Å²) in [5, 5.41) is 8.06. The molecule has 2 aromatic rings. The lowest BCUT2D eigenvalue weighted by Gasteiger charge is -2.19. The number of aromatic nitrogens is 2. The Morgan fingerprint density at radius 3 is 2.40 bits per heavy atom. The van der Waals surface area contributed by atoms with Crippen molar-refractivity contribution < 1.29 is 0 Å². The highest BCUT2D eigenvalue weighted by molar-refractivity contribution is 5.26. The van der Waals surface area contributed by atoms with Gasteiger partial charge in [0.15, 0.2) is 0 Å². The molecule has 1 atom stereocenters. The number of nitrogens with zero attached hydrogens (tertiary/aromatic N) is 2. The summed E-state index contributed by atoms with van der Waals surface area (Å²) < 4.78 is 1.87. The van der Waals surface area contributed by atoms with E-state index in [1.165, 1.54) is 11.1 Å². The van der Waals surface area contributed by atoms with Gasteiger partial charge in [0.05, 0.1) is 5.69 Å². The molecule has 1 unspecified atom stereocenters. The summed E-state index contributed by atoms with van der Waals surface area (Å²) in [6, 6.07) is 11.5. The number of aryl methyl sites for hydroxylation is 2. The third kappa shape index (κ3) is 4.20. The molecule has 1 heterocycles. The monoisotopic (exact) mass is 271 g/mol. The summed E-state index contributed by atoms with van der Waals surface area (Å²) in [6.07, 6.45) is 2.99. The number of hydrogen-bond donors (Lipinski definition) is 1. The summed E-state index contributed by atoms with van der Waals surface area (Å²) in [5.41, 5.74) is 3.85. The second kappa shape index (κ2) is 6.71. The van der Waals surface area contributed by atoms with Crippen molar-refractivity contribution in [2.24, 2.45) is 7.05 Å². The van der Waals surface area contributed by atoms with Crippen molar-refractivity contribution >= 4 is 0 Å². The Morgan fingerprint density at radius 2 is 1.85 bits per heavy atom. The number of nitrogens with one attached hydrogen (secondary N) is 1. The quantitative estimate of drug-likeness (QED) is 0.875. The SMILES string of the molecule is Cc1ccc(C(CNC(C)C)Cc2ccn(C)n2)cc1. The molecule has 0 spiro atoms. The van der Waals surface area contributed by atoms with Crippen LogP contribution in [-0.2, 0) is 13.5 Å². The Kier molecular flexibility index (Phi) is 4.96. The van der Waals surface area contributed by atoms with E-state index in [0.29, 0.717) is 12.0 Å². The van der Waals surface area contributed by atoms with Crippen LogP contribution in [0.3, 0.4) is 0 Å². The van der Waals surface area contributed by atoms with Gasteiger partial charge in [0.25, 0.3) is 0 Å². The Morgan fingerprint density at radius 1 is 1.15 bits per heavy atom. The topological polar surface area (TPSA) is 29.9 Å². The van der Waals surface area contributed by atoms with Crippen LogP contribution in [0.2, 0.25) is 0 Å². The molecule has 0 aliphatic rings. The maximum Gasteiger partial charge on any atom is 0.0631 e. The zero-order chi connectivity index (χ0) is 14.5. The summed E-state index contributed by atoms with van der Waals surface area (Å²) >= 11 is 0. The van der Waals surface area contributed by atoms with Crippen LogP contribution >= 0.6 is 0 Å². The van der Waals surface area contributed by atoms with Gasteiger partial charge >= 0.3 is 0 Å². The molecule has 0 fully saturated rings. The summed E-state index contributed by atoms with van der Waals surface area (Å²) in [6.45, 7) is 7.49. The first kappa shape index (κ1) is 14.8. The average molecular weight is 271 g/mol. The molecule has 0 radical (unpaired) electrons. The Balaban J connectivity index is 2.13. The molecule has 2 rings (SSSR count). The summed E-state index contributed by atoms with van der Waals surface area (Å²) in [4.78, 5) is 0. The number of hydrogen-bond acceptors (Lipinski definition) is 2. The number of benzene rings is 1. The van der Waals surface area contributed by atoms with Gasteiger partial charge in [0.2, 0.25) is 0 Å². The first-order valence-electron chi connectivity index (χ1n) is 7.33. The predicted molar refractivity (Wildman–Crippen MR) is 84.0 cm³/mol. The molecule has 1 N–H and O–H groups in total. The van der Waals surface area contributed by atoms with E-state index >= 15 is 0 Å². The second-order valence-electron chi connectivity index (χ2n) is 5.86. The molecular formula is C17H25N3. The minimum atomic E-state index is 0.466. The Labute approximate surface area is 122 Å². The number of rotatable bonds is 6. The molecule has 0 amide bonds. The highest BCUT2D eigenvalue weighted by Gasteiger charge is 2.14. The van der Waals surface area contributed by atoms with E-state index in [0.717, 1.165) is 18.7 Å². The minimum Gasteiger partial charge on any atom is -0.314 e. The predicted octanol–water partition coefficient (Wildman–Crippen LogP) is 3.05. The van der Waals surface area contributed by atoms with Crippen LogP contribution in [0.1, 0.15) is 36.6 Å². The van der Waals surface area contributed by atoms with Gasteiger partial charge in [-0.1, -0.05) is 43.7 Å². The molecule has 108 valence electrons. The minimum absolute atomic E-state index is 0.466. The van der Waals surface area contributed by atoms with Gasteiger partial charge in [-0.25, -0.2) is 0 Å². The van der Waals surface area contributed by atoms with Crippen molar-refractivity contribution in [3.63, 3.8) is 0 Å². The zero-order valence-electron chi connectivity index (χ0n) is 12.9. The van der Waals surface area contributed by atoms with Crippen molar-refractivity contribution in [2.75, 3.05) is 6.54 Å².